The van der Waals surface area contributed by atoms with Crippen LogP contribution in [-0.4, -0.2) is 83.7 Å². The van der Waals surface area contributed by atoms with Crippen LogP contribution in [0.25, 0.3) is 0 Å². The highest BCUT2D eigenvalue weighted by Crippen LogP contribution is 2.18. The Kier molecular flexibility index (Phi) is 7.67. The van der Waals surface area contributed by atoms with E-state index in [0.29, 0.717) is 17.3 Å². The first-order chi connectivity index (χ1) is 15.6. The molecule has 1 aliphatic rings. The number of fused-ring (bicyclic) bond motifs is 1. The van der Waals surface area contributed by atoms with Gasteiger partial charge in [-0.15, -0.1) is 0 Å². The van der Waals surface area contributed by atoms with Gasteiger partial charge in [-0.25, -0.2) is 4.98 Å². The normalized spacial score (nSPS) is 14.1. The van der Waals surface area contributed by atoms with Gasteiger partial charge in [-0.1, -0.05) is 11.6 Å². The van der Waals surface area contributed by atoms with E-state index < -0.39 is 29.7 Å². The van der Waals surface area contributed by atoms with Gasteiger partial charge >= 0.3 is 11.8 Å². The van der Waals surface area contributed by atoms with Crippen LogP contribution in [0.1, 0.15) is 21.7 Å². The maximum atomic E-state index is 12.8. The molecule has 0 saturated carbocycles. The van der Waals surface area contributed by atoms with Gasteiger partial charge in [-0.2, -0.15) is 0 Å². The molecule has 4 amide bonds. The van der Waals surface area contributed by atoms with Crippen molar-refractivity contribution in [1.29, 1.82) is 0 Å². The molecule has 1 unspecified atom stereocenters. The van der Waals surface area contributed by atoms with Crippen molar-refractivity contribution >= 4 is 41.0 Å². The summed E-state index contributed by atoms with van der Waals surface area (Å²) in [5.74, 6) is -2.70. The Morgan fingerprint density at radius 3 is 2.67 bits per heavy atom. The number of H-pyrrole nitrogens is 1. The van der Waals surface area contributed by atoms with Crippen LogP contribution in [0, 0.1) is 0 Å². The predicted octanol–water partition coefficient (Wildman–Crippen LogP) is -0.00750. The Bertz CT molecular complexity index is 1050. The number of hydrogen-bond acceptors (Lipinski definition) is 6. The van der Waals surface area contributed by atoms with E-state index >= 15 is 0 Å². The predicted molar refractivity (Wildman–Crippen MR) is 122 cm³/mol. The number of carbonyl (C=O) groups excluding carboxylic acids is 4. The van der Waals surface area contributed by atoms with Crippen molar-refractivity contribution in [2.75, 3.05) is 39.5 Å². The molecule has 1 atom stereocenters. The quantitative estimate of drug-likeness (QED) is 0.433. The first-order valence-electron chi connectivity index (χ1n) is 10.3. The molecule has 2 aromatic rings. The molecule has 2 aromatic heterocycles. The third-order valence-electron chi connectivity index (χ3n) is 5.11. The Balaban J connectivity index is 1.62. The number of rotatable bonds is 6. The van der Waals surface area contributed by atoms with Gasteiger partial charge in [0.25, 0.3) is 5.91 Å². The average molecular weight is 476 g/mol. The Hall–Kier alpha value is -3.44. The zero-order valence-corrected chi connectivity index (χ0v) is 19.3. The summed E-state index contributed by atoms with van der Waals surface area (Å²) in [7, 11) is 5.06. The number of nitrogens with zero attached hydrogens (tertiary/aromatic N) is 3. The fraction of sp³-hybridized carbons (Fsp3) is 0.381. The number of hydrogen-bond donors (Lipinski definition) is 4. The fourth-order valence-corrected chi connectivity index (χ4v) is 3.44. The summed E-state index contributed by atoms with van der Waals surface area (Å²) in [5.41, 5.74) is 2.37. The maximum Gasteiger partial charge on any atom is 0.314 e. The monoisotopic (exact) mass is 475 g/mol. The number of anilines is 1. The summed E-state index contributed by atoms with van der Waals surface area (Å²) in [4.78, 5) is 60.1. The highest BCUT2D eigenvalue weighted by molar-refractivity contribution is 6.39. The average Bonchev–Trinajstić information content (AvgIpc) is 3.20. The second kappa shape index (κ2) is 10.5. The lowest BCUT2D eigenvalue weighted by Gasteiger charge is -2.22. The molecule has 0 saturated heterocycles. The van der Waals surface area contributed by atoms with Crippen molar-refractivity contribution < 1.29 is 19.2 Å². The molecule has 0 bridgehead atoms. The van der Waals surface area contributed by atoms with E-state index in [-0.39, 0.29) is 12.4 Å². The van der Waals surface area contributed by atoms with Crippen molar-refractivity contribution in [3.05, 3.63) is 46.4 Å². The second-order valence-corrected chi connectivity index (χ2v) is 8.40. The first kappa shape index (κ1) is 24.2. The summed E-state index contributed by atoms with van der Waals surface area (Å²) in [6, 6.07) is 3.67. The summed E-state index contributed by atoms with van der Waals surface area (Å²) in [6.07, 6.45) is 2.15. The molecule has 0 aliphatic carbocycles. The Morgan fingerprint density at radius 1 is 1.24 bits per heavy atom. The minimum absolute atomic E-state index is 0.148. The van der Waals surface area contributed by atoms with Crippen LogP contribution in [0.15, 0.2) is 24.4 Å². The molecular formula is C21H26ClN7O4. The van der Waals surface area contributed by atoms with E-state index in [0.717, 1.165) is 24.2 Å². The lowest BCUT2D eigenvalue weighted by molar-refractivity contribution is -0.136. The number of halogens is 1. The summed E-state index contributed by atoms with van der Waals surface area (Å²) >= 11 is 5.74. The van der Waals surface area contributed by atoms with Gasteiger partial charge in [0.2, 0.25) is 5.91 Å². The van der Waals surface area contributed by atoms with E-state index in [9.17, 15) is 19.2 Å². The SMILES string of the molecule is CN1CCc2cc(C(=O)NC(CNC(=O)C(=O)Nc3ccc(Cl)cn3)C(=O)N(C)C)[nH]c2C1. The molecular weight excluding hydrogens is 450 g/mol. The molecule has 0 radical (unpaired) electrons. The van der Waals surface area contributed by atoms with Crippen molar-refractivity contribution in [3.8, 4) is 0 Å². The number of carbonyl (C=O) groups is 4. The van der Waals surface area contributed by atoms with E-state index in [2.05, 4.69) is 30.8 Å². The summed E-state index contributed by atoms with van der Waals surface area (Å²) in [5, 5.41) is 7.73. The van der Waals surface area contributed by atoms with Crippen LogP contribution in [0.4, 0.5) is 5.82 Å². The Labute approximate surface area is 195 Å². The zero-order chi connectivity index (χ0) is 24.1. The number of amides is 4. The molecule has 12 heteroatoms. The van der Waals surface area contributed by atoms with Gasteiger partial charge in [0.05, 0.1) is 5.02 Å². The first-order valence-corrected chi connectivity index (χ1v) is 10.6. The fourth-order valence-electron chi connectivity index (χ4n) is 3.33. The molecule has 4 N–H and O–H groups in total. The third-order valence-corrected chi connectivity index (χ3v) is 5.34. The molecule has 3 heterocycles. The smallest absolute Gasteiger partial charge is 0.314 e. The van der Waals surface area contributed by atoms with Gasteiger partial charge in [-0.3, -0.25) is 19.2 Å². The van der Waals surface area contributed by atoms with Gasteiger partial charge in [0.15, 0.2) is 0 Å². The Morgan fingerprint density at radius 2 is 2.00 bits per heavy atom. The zero-order valence-electron chi connectivity index (χ0n) is 18.6. The maximum absolute atomic E-state index is 12.8. The number of aromatic nitrogens is 2. The van der Waals surface area contributed by atoms with Gasteiger partial charge in [0, 0.05) is 45.6 Å². The molecule has 1 aliphatic heterocycles. The van der Waals surface area contributed by atoms with Crippen molar-refractivity contribution in [1.82, 2.24) is 30.4 Å². The second-order valence-electron chi connectivity index (χ2n) is 7.96. The number of nitrogens with one attached hydrogen (secondary N) is 4. The molecule has 33 heavy (non-hydrogen) atoms. The van der Waals surface area contributed by atoms with Crippen molar-refractivity contribution in [2.24, 2.45) is 0 Å². The standard InChI is InChI=1S/C21H26ClN7O4/c1-28(2)21(33)15(10-24-19(31)20(32)27-17-5-4-13(22)9-23-17)26-18(30)14-8-12-6-7-29(3)11-16(12)25-14/h4-5,8-9,15,25H,6-7,10-11H2,1-3H3,(H,24,31)(H,26,30)(H,23,27,32). The van der Waals surface area contributed by atoms with Crippen LogP contribution in [0.3, 0.4) is 0 Å². The van der Waals surface area contributed by atoms with Crippen LogP contribution >= 0.6 is 11.6 Å². The molecule has 0 spiro atoms. The number of aromatic amines is 1. The van der Waals surface area contributed by atoms with Crippen molar-refractivity contribution in [2.45, 2.75) is 19.0 Å². The van der Waals surface area contributed by atoms with E-state index in [4.69, 9.17) is 11.6 Å². The minimum atomic E-state index is -1.07. The lowest BCUT2D eigenvalue weighted by atomic mass is 10.1. The van der Waals surface area contributed by atoms with E-state index in [1.807, 2.05) is 7.05 Å². The number of likely N-dealkylation sites (N-methyl/N-ethyl adjacent to an activating group) is 2. The van der Waals surface area contributed by atoms with Gasteiger partial charge in [0.1, 0.15) is 17.6 Å². The van der Waals surface area contributed by atoms with Gasteiger partial charge in [-0.05, 0) is 37.2 Å². The van der Waals surface area contributed by atoms with Crippen LogP contribution < -0.4 is 16.0 Å². The van der Waals surface area contributed by atoms with Crippen molar-refractivity contribution in [3.63, 3.8) is 0 Å². The molecule has 0 aromatic carbocycles. The summed E-state index contributed by atoms with van der Waals surface area (Å²) < 4.78 is 0. The lowest BCUT2D eigenvalue weighted by Crippen LogP contribution is -2.53. The highest BCUT2D eigenvalue weighted by Gasteiger charge is 2.27. The largest absolute Gasteiger partial charge is 0.353 e. The molecule has 0 fully saturated rings. The third kappa shape index (κ3) is 6.30. The minimum Gasteiger partial charge on any atom is -0.353 e. The number of pyridine rings is 1. The van der Waals surface area contributed by atoms with E-state index in [1.54, 1.807) is 6.07 Å². The summed E-state index contributed by atoms with van der Waals surface area (Å²) in [6.45, 7) is 1.33. The van der Waals surface area contributed by atoms with Crippen LogP contribution in [-0.2, 0) is 27.3 Å². The molecule has 11 nitrogen and oxygen atoms in total. The van der Waals surface area contributed by atoms with Crippen LogP contribution in [0.2, 0.25) is 5.02 Å². The van der Waals surface area contributed by atoms with Gasteiger partial charge < -0.3 is 30.7 Å². The molecule has 3 rings (SSSR count). The molecule has 176 valence electrons. The topological polar surface area (TPSA) is 140 Å². The van der Waals surface area contributed by atoms with E-state index in [1.165, 1.54) is 37.3 Å². The van der Waals surface area contributed by atoms with Crippen LogP contribution in [0.5, 0.6) is 0 Å². The highest BCUT2D eigenvalue weighted by atomic mass is 35.5.